The van der Waals surface area contributed by atoms with Gasteiger partial charge in [-0.1, -0.05) is 5.21 Å². The average Bonchev–Trinajstić information content (AvgIpc) is 3.48. The van der Waals surface area contributed by atoms with Crippen LogP contribution in [0.25, 0.3) is 11.3 Å². The number of carbonyl (C=O) groups excluding carboxylic acids is 1. The largest absolute Gasteiger partial charge is 0.394 e. The van der Waals surface area contributed by atoms with Crippen LogP contribution in [0.1, 0.15) is 44.6 Å². The molecule has 0 bridgehead atoms. The summed E-state index contributed by atoms with van der Waals surface area (Å²) in [6.45, 7) is -0.757. The molecular weight excluding hydrogens is 653 g/mol. The van der Waals surface area contributed by atoms with Crippen LogP contribution in [0.4, 0.5) is 30.7 Å². The number of hydrogen-bond acceptors (Lipinski definition) is 9. The van der Waals surface area contributed by atoms with Gasteiger partial charge in [0.2, 0.25) is 11.8 Å². The lowest BCUT2D eigenvalue weighted by Gasteiger charge is -2.48. The van der Waals surface area contributed by atoms with Crippen LogP contribution < -0.4 is 0 Å². The van der Waals surface area contributed by atoms with Crippen molar-refractivity contribution in [3.05, 3.63) is 35.8 Å². The van der Waals surface area contributed by atoms with E-state index in [9.17, 15) is 50.8 Å². The first kappa shape index (κ1) is 34.8. The molecule has 1 aliphatic heterocycles. The van der Waals surface area contributed by atoms with Crippen molar-refractivity contribution in [2.45, 2.75) is 97.1 Å². The van der Waals surface area contributed by atoms with Crippen molar-refractivity contribution in [3.63, 3.8) is 0 Å². The lowest BCUT2D eigenvalue weighted by atomic mass is 9.79. The third kappa shape index (κ3) is 6.74. The molecule has 1 aromatic carbocycles. The minimum atomic E-state index is -3.08. The molecule has 3 N–H and O–H groups in total. The van der Waals surface area contributed by atoms with E-state index in [0.29, 0.717) is 23.9 Å². The number of alkyl halides is 4. The zero-order valence-electron chi connectivity index (χ0n) is 24.6. The molecule has 46 heavy (non-hydrogen) atoms. The van der Waals surface area contributed by atoms with Crippen LogP contribution in [0.3, 0.4) is 0 Å². The van der Waals surface area contributed by atoms with Crippen molar-refractivity contribution in [2.75, 3.05) is 20.8 Å². The van der Waals surface area contributed by atoms with Crippen molar-refractivity contribution < 1.29 is 60.3 Å². The second-order valence-corrected chi connectivity index (χ2v) is 13.3. The van der Waals surface area contributed by atoms with E-state index in [4.69, 9.17) is 9.47 Å². The zero-order chi connectivity index (χ0) is 33.8. The maximum absolute atomic E-state index is 14.1. The highest BCUT2D eigenvalue weighted by molar-refractivity contribution is 8.01. The van der Waals surface area contributed by atoms with E-state index in [1.807, 2.05) is 0 Å². The predicted octanol–water partition coefficient (Wildman–Crippen LogP) is 3.29. The maximum Gasteiger partial charge on any atom is 0.252 e. The molecule has 3 fully saturated rings. The summed E-state index contributed by atoms with van der Waals surface area (Å²) in [5.41, 5.74) is -3.61. The Morgan fingerprint density at radius 1 is 1.13 bits per heavy atom. The van der Waals surface area contributed by atoms with Crippen molar-refractivity contribution in [1.29, 1.82) is 0 Å². The molecule has 18 heteroatoms. The SMILES string of the molecule is CO[C@@H]1[C@@H](n2cc(-c3cc(F)c(F)c(F)c3)nn2)[C@@H](O)[C@@H](CO)O[C@H]1S[C@H](C(=O)N(C)C1CC(F)(F)C1)C1(O)CCC(F)(F)CC1. The molecule has 2 aliphatic carbocycles. The summed E-state index contributed by atoms with van der Waals surface area (Å²) in [5, 5.41) is 39.1. The maximum atomic E-state index is 14.1. The number of ether oxygens (including phenoxy) is 2. The number of carbonyl (C=O) groups is 1. The number of benzene rings is 1. The molecule has 1 saturated heterocycles. The van der Waals surface area contributed by atoms with Gasteiger partial charge in [0.15, 0.2) is 17.5 Å². The van der Waals surface area contributed by atoms with E-state index in [1.54, 1.807) is 0 Å². The fraction of sp³-hybridized carbons (Fsp3) is 0.679. The van der Waals surface area contributed by atoms with Crippen LogP contribution >= 0.6 is 11.8 Å². The number of methoxy groups -OCH3 is 1. The molecule has 1 aromatic heterocycles. The van der Waals surface area contributed by atoms with Gasteiger partial charge in [0.25, 0.3) is 5.92 Å². The monoisotopic (exact) mass is 686 g/mol. The Kier molecular flexibility index (Phi) is 9.71. The molecular formula is C28H33F7N4O6S. The molecule has 10 nitrogen and oxygen atoms in total. The zero-order valence-corrected chi connectivity index (χ0v) is 25.4. The highest BCUT2D eigenvalue weighted by atomic mass is 32.2. The molecule has 2 aromatic rings. The second-order valence-electron chi connectivity index (χ2n) is 12.1. The number of aliphatic hydroxyl groups is 3. The number of halogens is 7. The Morgan fingerprint density at radius 2 is 1.74 bits per heavy atom. The Labute approximate surface area is 262 Å². The van der Waals surface area contributed by atoms with Gasteiger partial charge in [0.1, 0.15) is 40.7 Å². The topological polar surface area (TPSA) is 130 Å². The van der Waals surface area contributed by atoms with Gasteiger partial charge in [-0.2, -0.15) is 0 Å². The standard InChI is InChI=1S/C28H33F7N4O6S/c1-38(14-9-28(34,35)10-14)24(42)23(26(43)3-5-27(32,33)6-4-26)46-25-22(44-2)20(21(41)18(12-40)45-25)39-11-17(36-37-39)13-7-15(29)19(31)16(30)8-13/h7-8,11,14,18,20-23,25,40-41,43H,3-6,9-10,12H2,1-2H3/t18-,20+,21+,22-,23-,25+/m1/s1. The molecule has 3 aliphatic rings. The van der Waals surface area contributed by atoms with E-state index in [-0.39, 0.29) is 11.3 Å². The van der Waals surface area contributed by atoms with Gasteiger partial charge in [-0.15, -0.1) is 16.9 Å². The van der Waals surface area contributed by atoms with E-state index in [0.717, 1.165) is 9.58 Å². The van der Waals surface area contributed by atoms with Gasteiger partial charge in [0, 0.05) is 51.4 Å². The fourth-order valence-electron chi connectivity index (χ4n) is 6.11. The number of amides is 1. The Hall–Kier alpha value is -2.51. The molecule has 0 spiro atoms. The van der Waals surface area contributed by atoms with Gasteiger partial charge in [-0.05, 0) is 25.0 Å². The quantitative estimate of drug-likeness (QED) is 0.269. The number of aliphatic hydroxyl groups excluding tert-OH is 2. The molecule has 0 radical (unpaired) electrons. The third-order valence-electron chi connectivity index (χ3n) is 8.99. The average molecular weight is 687 g/mol. The molecule has 5 rings (SSSR count). The predicted molar refractivity (Wildman–Crippen MR) is 147 cm³/mol. The van der Waals surface area contributed by atoms with E-state index in [1.165, 1.54) is 20.4 Å². The summed E-state index contributed by atoms with van der Waals surface area (Å²) < 4.78 is 109. The second kappa shape index (κ2) is 12.8. The van der Waals surface area contributed by atoms with Gasteiger partial charge in [0.05, 0.1) is 18.4 Å². The Bertz CT molecular complexity index is 1400. The first-order valence-corrected chi connectivity index (χ1v) is 15.4. The van der Waals surface area contributed by atoms with Gasteiger partial charge in [-0.25, -0.2) is 35.4 Å². The summed E-state index contributed by atoms with van der Waals surface area (Å²) in [6, 6.07) is -0.724. The third-order valence-corrected chi connectivity index (χ3v) is 10.5. The van der Waals surface area contributed by atoms with E-state index < -0.39 is 127 Å². The van der Waals surface area contributed by atoms with E-state index in [2.05, 4.69) is 10.3 Å². The van der Waals surface area contributed by atoms with Crippen molar-refractivity contribution >= 4 is 17.7 Å². The van der Waals surface area contributed by atoms with E-state index >= 15 is 0 Å². The van der Waals surface area contributed by atoms with Crippen LogP contribution in [-0.4, -0.2) is 114 Å². The first-order chi connectivity index (χ1) is 21.5. The number of rotatable bonds is 9. The minimum Gasteiger partial charge on any atom is -0.394 e. The Morgan fingerprint density at radius 3 is 2.28 bits per heavy atom. The van der Waals surface area contributed by atoms with Crippen molar-refractivity contribution in [2.24, 2.45) is 0 Å². The fourth-order valence-corrected chi connectivity index (χ4v) is 7.78. The summed E-state index contributed by atoms with van der Waals surface area (Å²) in [4.78, 5) is 14.9. The van der Waals surface area contributed by atoms with Crippen LogP contribution in [0.5, 0.6) is 0 Å². The number of hydrogen-bond donors (Lipinski definition) is 3. The highest BCUT2D eigenvalue weighted by Gasteiger charge is 2.56. The highest BCUT2D eigenvalue weighted by Crippen LogP contribution is 2.48. The van der Waals surface area contributed by atoms with Crippen LogP contribution in [0.15, 0.2) is 18.3 Å². The molecule has 256 valence electrons. The van der Waals surface area contributed by atoms with Gasteiger partial charge in [-0.3, -0.25) is 4.79 Å². The number of thioether (sulfide) groups is 1. The van der Waals surface area contributed by atoms with Gasteiger partial charge < -0.3 is 29.7 Å². The summed E-state index contributed by atoms with van der Waals surface area (Å²) >= 11 is 0.675. The molecule has 2 saturated carbocycles. The summed E-state index contributed by atoms with van der Waals surface area (Å²) in [5.74, 6) is -11.5. The number of aromatic nitrogens is 3. The van der Waals surface area contributed by atoms with Gasteiger partial charge >= 0.3 is 0 Å². The molecule has 6 atom stereocenters. The summed E-state index contributed by atoms with van der Waals surface area (Å²) in [6.07, 6.45) is -6.61. The Balaban J connectivity index is 1.47. The molecule has 0 unspecified atom stereocenters. The minimum absolute atomic E-state index is 0.125. The van der Waals surface area contributed by atoms with Crippen molar-refractivity contribution in [1.82, 2.24) is 19.9 Å². The van der Waals surface area contributed by atoms with Crippen LogP contribution in [0.2, 0.25) is 0 Å². The van der Waals surface area contributed by atoms with Crippen LogP contribution in [0, 0.1) is 17.5 Å². The number of nitrogens with zero attached hydrogens (tertiary/aromatic N) is 4. The lowest BCUT2D eigenvalue weighted by Crippen LogP contribution is -2.60. The normalized spacial score (nSPS) is 29.6. The lowest BCUT2D eigenvalue weighted by molar-refractivity contribution is -0.187. The molecule has 1 amide bonds. The van der Waals surface area contributed by atoms with Crippen molar-refractivity contribution in [3.8, 4) is 11.3 Å². The first-order valence-electron chi connectivity index (χ1n) is 14.4. The summed E-state index contributed by atoms with van der Waals surface area (Å²) in [7, 11) is 2.51. The van der Waals surface area contributed by atoms with Crippen LogP contribution in [-0.2, 0) is 14.3 Å². The smallest absolute Gasteiger partial charge is 0.252 e. The molecule has 2 heterocycles.